The summed E-state index contributed by atoms with van der Waals surface area (Å²) in [6.07, 6.45) is -0.155. The molecule has 0 radical (unpaired) electrons. The molecule has 1 amide bonds. The summed E-state index contributed by atoms with van der Waals surface area (Å²) in [5.41, 5.74) is 0.717. The summed E-state index contributed by atoms with van der Waals surface area (Å²) in [6.45, 7) is -0.208. The van der Waals surface area contributed by atoms with Gasteiger partial charge in [0.25, 0.3) is 0 Å². The molecule has 0 bridgehead atoms. The minimum absolute atomic E-state index is 0.155. The van der Waals surface area contributed by atoms with Crippen molar-refractivity contribution in [3.05, 3.63) is 66.2 Å². The van der Waals surface area contributed by atoms with E-state index in [0.29, 0.717) is 17.4 Å². The second-order valence-corrected chi connectivity index (χ2v) is 7.43. The molecule has 1 aromatic heterocycles. The molecule has 2 N–H and O–H groups in total. The van der Waals surface area contributed by atoms with Crippen molar-refractivity contribution in [1.29, 1.82) is 0 Å². The highest BCUT2D eigenvalue weighted by Gasteiger charge is 2.16. The fraction of sp³-hybridized carbons (Fsp3) is 0.111. The Morgan fingerprint density at radius 3 is 2.56 bits per heavy atom. The van der Waals surface area contributed by atoms with Crippen LogP contribution in [0.15, 0.2) is 59.5 Å². The van der Waals surface area contributed by atoms with E-state index in [4.69, 9.17) is 0 Å². The Balaban J connectivity index is 1.57. The molecular weight excluding hydrogens is 376 g/mol. The molecule has 0 aliphatic rings. The van der Waals surface area contributed by atoms with Gasteiger partial charge < -0.3 is 5.32 Å². The Morgan fingerprint density at radius 2 is 1.78 bits per heavy atom. The third kappa shape index (κ3) is 4.63. The summed E-state index contributed by atoms with van der Waals surface area (Å²) in [4.78, 5) is 15.8. The van der Waals surface area contributed by atoms with E-state index in [1.165, 1.54) is 0 Å². The molecule has 0 fully saturated rings. The highest BCUT2D eigenvalue weighted by molar-refractivity contribution is 7.89. The molecule has 27 heavy (non-hydrogen) atoms. The van der Waals surface area contributed by atoms with Crippen LogP contribution in [-0.2, 0) is 14.8 Å². The zero-order chi connectivity index (χ0) is 19.4. The van der Waals surface area contributed by atoms with E-state index in [2.05, 4.69) is 15.0 Å². The van der Waals surface area contributed by atoms with Gasteiger partial charge in [0.1, 0.15) is 5.82 Å². The van der Waals surface area contributed by atoms with Crippen LogP contribution in [0.4, 0.5) is 14.6 Å². The number of para-hydroxylation sites is 1. The van der Waals surface area contributed by atoms with E-state index in [0.717, 1.165) is 17.5 Å². The van der Waals surface area contributed by atoms with Crippen molar-refractivity contribution in [3.63, 3.8) is 0 Å². The molecule has 3 aromatic rings. The maximum atomic E-state index is 13.2. The van der Waals surface area contributed by atoms with Crippen molar-refractivity contribution < 1.29 is 22.0 Å². The normalized spacial score (nSPS) is 11.5. The van der Waals surface area contributed by atoms with Gasteiger partial charge in [-0.2, -0.15) is 0 Å². The topological polar surface area (TPSA) is 88.2 Å². The van der Waals surface area contributed by atoms with Crippen molar-refractivity contribution in [3.8, 4) is 0 Å². The average Bonchev–Trinajstić information content (AvgIpc) is 2.63. The molecule has 0 atom stereocenters. The number of aromatic nitrogens is 1. The van der Waals surface area contributed by atoms with E-state index in [1.54, 1.807) is 12.1 Å². The van der Waals surface area contributed by atoms with Crippen LogP contribution in [0.2, 0.25) is 0 Å². The van der Waals surface area contributed by atoms with Crippen molar-refractivity contribution in [2.24, 2.45) is 0 Å². The van der Waals surface area contributed by atoms with Crippen LogP contribution in [0, 0.1) is 11.6 Å². The molecule has 140 valence electrons. The number of benzene rings is 2. The maximum Gasteiger partial charge on any atom is 0.240 e. The number of carbonyl (C=O) groups is 1. The van der Waals surface area contributed by atoms with Gasteiger partial charge >= 0.3 is 0 Å². The van der Waals surface area contributed by atoms with Gasteiger partial charge in [-0.15, -0.1) is 0 Å². The number of nitrogens with zero attached hydrogens (tertiary/aromatic N) is 1. The van der Waals surface area contributed by atoms with Gasteiger partial charge in [0.2, 0.25) is 15.9 Å². The number of nitrogens with one attached hydrogen (secondary N) is 2. The van der Waals surface area contributed by atoms with Gasteiger partial charge in [0.05, 0.1) is 10.4 Å². The molecule has 0 saturated heterocycles. The number of rotatable bonds is 6. The number of fused-ring (bicyclic) bond motifs is 1. The second kappa shape index (κ2) is 7.77. The number of anilines is 1. The number of hydrogen-bond donors (Lipinski definition) is 2. The van der Waals surface area contributed by atoms with Gasteiger partial charge in [-0.1, -0.05) is 18.2 Å². The number of sulfonamides is 1. The van der Waals surface area contributed by atoms with Crippen LogP contribution < -0.4 is 10.0 Å². The van der Waals surface area contributed by atoms with Gasteiger partial charge in [0.15, 0.2) is 11.6 Å². The third-order valence-corrected chi connectivity index (χ3v) is 5.17. The van der Waals surface area contributed by atoms with Crippen LogP contribution in [0.5, 0.6) is 0 Å². The van der Waals surface area contributed by atoms with Gasteiger partial charge in [-0.3, -0.25) is 4.79 Å². The number of pyridine rings is 1. The van der Waals surface area contributed by atoms with Crippen LogP contribution >= 0.6 is 0 Å². The van der Waals surface area contributed by atoms with Gasteiger partial charge in [0, 0.05) is 18.4 Å². The molecule has 2 aromatic carbocycles. The van der Waals surface area contributed by atoms with E-state index >= 15 is 0 Å². The van der Waals surface area contributed by atoms with Crippen LogP contribution in [-0.4, -0.2) is 25.9 Å². The number of amides is 1. The third-order valence-electron chi connectivity index (χ3n) is 3.71. The number of halogens is 2. The van der Waals surface area contributed by atoms with E-state index in [9.17, 15) is 22.0 Å². The largest absolute Gasteiger partial charge is 0.311 e. The zero-order valence-electron chi connectivity index (χ0n) is 13.9. The molecule has 0 aliphatic carbocycles. The first-order valence-corrected chi connectivity index (χ1v) is 9.44. The lowest BCUT2D eigenvalue weighted by molar-refractivity contribution is -0.116. The molecular formula is C18H15F2N3O3S. The lowest BCUT2D eigenvalue weighted by Crippen LogP contribution is -2.28. The standard InChI is InChI=1S/C18H15F2N3O3S/c19-14-7-6-13(11-15(14)20)27(25,26)21-10-9-18(24)23-17-8-5-12-3-1-2-4-16(12)22-17/h1-8,11,21H,9-10H2,(H,22,23,24). The monoisotopic (exact) mass is 391 g/mol. The molecule has 0 unspecified atom stereocenters. The van der Waals surface area contributed by atoms with E-state index in [-0.39, 0.29) is 13.0 Å². The van der Waals surface area contributed by atoms with Crippen molar-refractivity contribution in [2.75, 3.05) is 11.9 Å². The molecule has 0 saturated carbocycles. The predicted octanol–water partition coefficient (Wildman–Crippen LogP) is 2.82. The maximum absolute atomic E-state index is 13.2. The Labute approximate surface area is 154 Å². The summed E-state index contributed by atoms with van der Waals surface area (Å²) in [5, 5.41) is 3.51. The molecule has 1 heterocycles. The fourth-order valence-electron chi connectivity index (χ4n) is 2.37. The number of hydrogen-bond acceptors (Lipinski definition) is 4. The van der Waals surface area contributed by atoms with Crippen molar-refractivity contribution >= 4 is 32.7 Å². The first-order chi connectivity index (χ1) is 12.8. The Kier molecular flexibility index (Phi) is 5.43. The summed E-state index contributed by atoms with van der Waals surface area (Å²) < 4.78 is 52.3. The van der Waals surface area contributed by atoms with Gasteiger partial charge in [-0.05, 0) is 36.4 Å². The second-order valence-electron chi connectivity index (χ2n) is 5.66. The minimum Gasteiger partial charge on any atom is -0.311 e. The smallest absolute Gasteiger partial charge is 0.240 e. The quantitative estimate of drug-likeness (QED) is 0.676. The van der Waals surface area contributed by atoms with Crippen molar-refractivity contribution in [1.82, 2.24) is 9.71 Å². The molecule has 9 heteroatoms. The Bertz CT molecular complexity index is 1100. The molecule has 3 rings (SSSR count). The lowest BCUT2D eigenvalue weighted by atomic mass is 10.2. The average molecular weight is 391 g/mol. The Hall–Kier alpha value is -2.91. The number of carbonyl (C=O) groups excluding carboxylic acids is 1. The fourth-order valence-corrected chi connectivity index (χ4v) is 3.41. The first-order valence-electron chi connectivity index (χ1n) is 7.95. The minimum atomic E-state index is -4.05. The summed E-state index contributed by atoms with van der Waals surface area (Å²) in [7, 11) is -4.05. The lowest BCUT2D eigenvalue weighted by Gasteiger charge is -2.08. The van der Waals surface area contributed by atoms with E-state index in [1.807, 2.05) is 24.3 Å². The molecule has 0 spiro atoms. The molecule has 6 nitrogen and oxygen atoms in total. The first kappa shape index (κ1) is 18.9. The molecule has 0 aliphatic heterocycles. The summed E-state index contributed by atoms with van der Waals surface area (Å²) in [6, 6.07) is 13.1. The highest BCUT2D eigenvalue weighted by Crippen LogP contribution is 2.15. The van der Waals surface area contributed by atoms with Crippen molar-refractivity contribution in [2.45, 2.75) is 11.3 Å². The van der Waals surface area contributed by atoms with Crippen LogP contribution in [0.25, 0.3) is 10.9 Å². The van der Waals surface area contributed by atoms with Crippen LogP contribution in [0.1, 0.15) is 6.42 Å². The predicted molar refractivity (Wildman–Crippen MR) is 96.5 cm³/mol. The van der Waals surface area contributed by atoms with Crippen LogP contribution in [0.3, 0.4) is 0 Å². The zero-order valence-corrected chi connectivity index (χ0v) is 14.8. The summed E-state index contributed by atoms with van der Waals surface area (Å²) >= 11 is 0. The van der Waals surface area contributed by atoms with Gasteiger partial charge in [-0.25, -0.2) is 26.9 Å². The van der Waals surface area contributed by atoms with E-state index < -0.39 is 32.5 Å². The Morgan fingerprint density at radius 1 is 1.00 bits per heavy atom. The highest BCUT2D eigenvalue weighted by atomic mass is 32.2. The summed E-state index contributed by atoms with van der Waals surface area (Å²) in [5.74, 6) is -2.50. The SMILES string of the molecule is O=C(CCNS(=O)(=O)c1ccc(F)c(F)c1)Nc1ccc2ccccc2n1.